The summed E-state index contributed by atoms with van der Waals surface area (Å²) in [4.78, 5) is 11.6. The fraction of sp³-hybridized carbons (Fsp3) is 0.385. The van der Waals surface area contributed by atoms with Crippen LogP contribution in [0, 0.1) is 0 Å². The lowest BCUT2D eigenvalue weighted by Crippen LogP contribution is -2.19. The number of hydrogen-bond donors (Lipinski definition) is 2. The minimum atomic E-state index is 0.351. The van der Waals surface area contributed by atoms with Gasteiger partial charge in [-0.15, -0.1) is 0 Å². The van der Waals surface area contributed by atoms with E-state index in [0.29, 0.717) is 6.04 Å². The molecule has 4 nitrogen and oxygen atoms in total. The van der Waals surface area contributed by atoms with Crippen LogP contribution in [-0.4, -0.2) is 21.5 Å². The number of H-pyrrole nitrogens is 1. The molecule has 18 heavy (non-hydrogen) atoms. The molecule has 0 aliphatic heterocycles. The van der Waals surface area contributed by atoms with Crippen molar-refractivity contribution in [3.05, 3.63) is 36.3 Å². The molecule has 0 aromatic carbocycles. The van der Waals surface area contributed by atoms with Gasteiger partial charge in [0.2, 0.25) is 0 Å². The van der Waals surface area contributed by atoms with Crippen molar-refractivity contribution in [2.24, 2.45) is 0 Å². The van der Waals surface area contributed by atoms with Gasteiger partial charge in [-0.05, 0) is 49.3 Å². The van der Waals surface area contributed by atoms with Crippen molar-refractivity contribution in [3.63, 3.8) is 0 Å². The average molecular weight is 262 g/mol. The Kier molecular flexibility index (Phi) is 4.78. The molecule has 1 atom stereocenters. The second-order valence-electron chi connectivity index (χ2n) is 4.10. The Morgan fingerprint density at radius 1 is 1.39 bits per heavy atom. The highest BCUT2D eigenvalue weighted by Crippen LogP contribution is 2.24. The molecule has 1 unspecified atom stereocenters. The van der Waals surface area contributed by atoms with Crippen LogP contribution in [0.2, 0.25) is 0 Å². The van der Waals surface area contributed by atoms with Gasteiger partial charge < -0.3 is 10.3 Å². The maximum Gasteiger partial charge on any atom is 0.171 e. The van der Waals surface area contributed by atoms with Gasteiger partial charge in [-0.2, -0.15) is 0 Å². The molecule has 96 valence electrons. The summed E-state index contributed by atoms with van der Waals surface area (Å²) in [7, 11) is 0. The Morgan fingerprint density at radius 2 is 2.28 bits per heavy atom. The van der Waals surface area contributed by atoms with E-state index < -0.39 is 0 Å². The van der Waals surface area contributed by atoms with E-state index in [9.17, 15) is 0 Å². The Balaban J connectivity index is 2.05. The van der Waals surface area contributed by atoms with E-state index in [1.165, 1.54) is 5.56 Å². The number of hydrogen-bond acceptors (Lipinski definition) is 4. The molecule has 0 aliphatic carbocycles. The topological polar surface area (TPSA) is 53.6 Å². The fourth-order valence-corrected chi connectivity index (χ4v) is 2.38. The Hall–Kier alpha value is -1.33. The molecule has 0 saturated heterocycles. The third-order valence-corrected chi connectivity index (χ3v) is 3.48. The minimum absolute atomic E-state index is 0.351. The van der Waals surface area contributed by atoms with Crippen LogP contribution in [0.15, 0.2) is 40.9 Å². The molecule has 2 N–H and O–H groups in total. The van der Waals surface area contributed by atoms with Crippen molar-refractivity contribution < 1.29 is 0 Å². The molecule has 2 aromatic heterocycles. The normalized spacial score (nSPS) is 12.6. The number of aromatic nitrogens is 3. The van der Waals surface area contributed by atoms with Crippen LogP contribution in [-0.2, 0) is 0 Å². The smallest absolute Gasteiger partial charge is 0.171 e. The van der Waals surface area contributed by atoms with Gasteiger partial charge in [0, 0.05) is 24.6 Å². The number of nitrogens with one attached hydrogen (secondary N) is 2. The van der Waals surface area contributed by atoms with Gasteiger partial charge in [0.05, 0.1) is 0 Å². The SMILES string of the molecule is CCCNC(C)c1ccnc(Sc2ncc[nH]2)c1. The van der Waals surface area contributed by atoms with E-state index in [2.05, 4.69) is 46.2 Å². The Bertz CT molecular complexity index is 470. The van der Waals surface area contributed by atoms with Crippen LogP contribution < -0.4 is 5.32 Å². The molecule has 2 rings (SSSR count). The zero-order chi connectivity index (χ0) is 12.8. The van der Waals surface area contributed by atoms with Gasteiger partial charge in [0.25, 0.3) is 0 Å². The molecule has 5 heteroatoms. The molecule has 2 aromatic rings. The van der Waals surface area contributed by atoms with Gasteiger partial charge in [-0.3, -0.25) is 0 Å². The lowest BCUT2D eigenvalue weighted by atomic mass is 10.1. The van der Waals surface area contributed by atoms with Crippen LogP contribution in [0.1, 0.15) is 31.9 Å². The van der Waals surface area contributed by atoms with Crippen molar-refractivity contribution in [1.82, 2.24) is 20.3 Å². The predicted molar refractivity (Wildman–Crippen MR) is 73.7 cm³/mol. The molecule has 0 saturated carbocycles. The Labute approximate surface area is 112 Å². The lowest BCUT2D eigenvalue weighted by Gasteiger charge is -2.13. The number of imidazole rings is 1. The number of rotatable bonds is 6. The van der Waals surface area contributed by atoms with Crippen molar-refractivity contribution in [1.29, 1.82) is 0 Å². The summed E-state index contributed by atoms with van der Waals surface area (Å²) < 4.78 is 0. The molecular weight excluding hydrogens is 244 g/mol. The molecule has 0 amide bonds. The van der Waals surface area contributed by atoms with E-state index in [4.69, 9.17) is 0 Å². The maximum absolute atomic E-state index is 4.35. The first-order valence-electron chi connectivity index (χ1n) is 6.16. The van der Waals surface area contributed by atoms with Gasteiger partial charge >= 0.3 is 0 Å². The standard InChI is InChI=1S/C13H18N4S/c1-3-5-14-10(2)11-4-6-15-12(9-11)18-13-16-7-8-17-13/h4,6-10,14H,3,5H2,1-2H3,(H,16,17). The van der Waals surface area contributed by atoms with Gasteiger partial charge in [-0.25, -0.2) is 9.97 Å². The zero-order valence-electron chi connectivity index (χ0n) is 10.7. The van der Waals surface area contributed by atoms with E-state index in [0.717, 1.165) is 23.1 Å². The minimum Gasteiger partial charge on any atom is -0.339 e. The predicted octanol–water partition coefficient (Wildman–Crippen LogP) is 3.02. The molecule has 0 aliphatic rings. The number of pyridine rings is 1. The highest BCUT2D eigenvalue weighted by Gasteiger charge is 2.07. The summed E-state index contributed by atoms with van der Waals surface area (Å²) in [5, 5.41) is 5.31. The third-order valence-electron chi connectivity index (χ3n) is 2.63. The van der Waals surface area contributed by atoms with Crippen LogP contribution >= 0.6 is 11.8 Å². The molecule has 0 spiro atoms. The first-order chi connectivity index (χ1) is 8.79. The summed E-state index contributed by atoms with van der Waals surface area (Å²) in [5.41, 5.74) is 1.26. The highest BCUT2D eigenvalue weighted by molar-refractivity contribution is 7.99. The largest absolute Gasteiger partial charge is 0.339 e. The monoisotopic (exact) mass is 262 g/mol. The van der Waals surface area contributed by atoms with E-state index in [1.807, 2.05) is 12.4 Å². The maximum atomic E-state index is 4.35. The van der Waals surface area contributed by atoms with E-state index >= 15 is 0 Å². The summed E-state index contributed by atoms with van der Waals surface area (Å²) in [6.07, 6.45) is 6.56. The summed E-state index contributed by atoms with van der Waals surface area (Å²) in [6, 6.07) is 4.52. The molecule has 0 fully saturated rings. The zero-order valence-corrected chi connectivity index (χ0v) is 11.5. The third kappa shape index (κ3) is 3.58. The van der Waals surface area contributed by atoms with Crippen molar-refractivity contribution in [2.75, 3.05) is 6.54 Å². The van der Waals surface area contributed by atoms with Gasteiger partial charge in [0.1, 0.15) is 5.03 Å². The summed E-state index contributed by atoms with van der Waals surface area (Å²) in [5.74, 6) is 0. The molecular formula is C13H18N4S. The molecule has 2 heterocycles. The second kappa shape index (κ2) is 6.56. The number of aromatic amines is 1. The average Bonchev–Trinajstić information content (AvgIpc) is 2.89. The first kappa shape index (κ1) is 13.1. The van der Waals surface area contributed by atoms with E-state index in [-0.39, 0.29) is 0 Å². The van der Waals surface area contributed by atoms with Crippen molar-refractivity contribution in [3.8, 4) is 0 Å². The van der Waals surface area contributed by atoms with Crippen molar-refractivity contribution >= 4 is 11.8 Å². The lowest BCUT2D eigenvalue weighted by molar-refractivity contribution is 0.569. The van der Waals surface area contributed by atoms with Crippen LogP contribution in [0.25, 0.3) is 0 Å². The highest BCUT2D eigenvalue weighted by atomic mass is 32.2. The fourth-order valence-electron chi connectivity index (χ4n) is 1.63. The van der Waals surface area contributed by atoms with Gasteiger partial charge in [0.15, 0.2) is 5.16 Å². The molecule has 0 radical (unpaired) electrons. The van der Waals surface area contributed by atoms with Crippen LogP contribution in [0.3, 0.4) is 0 Å². The summed E-state index contributed by atoms with van der Waals surface area (Å²) >= 11 is 1.54. The van der Waals surface area contributed by atoms with Crippen LogP contribution in [0.4, 0.5) is 0 Å². The van der Waals surface area contributed by atoms with Crippen molar-refractivity contribution in [2.45, 2.75) is 36.5 Å². The van der Waals surface area contributed by atoms with E-state index in [1.54, 1.807) is 18.0 Å². The Morgan fingerprint density at radius 3 is 3.00 bits per heavy atom. The molecule has 0 bridgehead atoms. The van der Waals surface area contributed by atoms with Crippen LogP contribution in [0.5, 0.6) is 0 Å². The quantitative estimate of drug-likeness (QED) is 0.840. The second-order valence-corrected chi connectivity index (χ2v) is 5.11. The van der Waals surface area contributed by atoms with Gasteiger partial charge in [-0.1, -0.05) is 6.92 Å². The summed E-state index contributed by atoms with van der Waals surface area (Å²) in [6.45, 7) is 5.38. The first-order valence-corrected chi connectivity index (χ1v) is 6.98. The number of nitrogens with zero attached hydrogens (tertiary/aromatic N) is 2.